The van der Waals surface area contributed by atoms with E-state index in [1.807, 2.05) is 30.3 Å². The Labute approximate surface area is 124 Å². The second kappa shape index (κ2) is 7.59. The van der Waals surface area contributed by atoms with Gasteiger partial charge in [-0.2, -0.15) is 0 Å². The third-order valence-electron chi connectivity index (χ3n) is 3.44. The Morgan fingerprint density at radius 2 is 2.00 bits per heavy atom. The molecule has 114 valence electrons. The molecule has 1 rings (SSSR count). The van der Waals surface area contributed by atoms with Gasteiger partial charge in [0, 0.05) is 18.5 Å². The Morgan fingerprint density at radius 3 is 2.57 bits per heavy atom. The molecule has 1 aromatic carbocycles. The highest BCUT2D eigenvalue weighted by Gasteiger charge is 2.36. The van der Waals surface area contributed by atoms with E-state index in [1.54, 1.807) is 6.92 Å². The number of hydrogen-bond donors (Lipinski definition) is 2. The molecule has 1 amide bonds. The average Bonchev–Trinajstić information content (AvgIpc) is 2.50. The number of carbonyl (C=O) groups excluding carboxylic acids is 2. The SMILES string of the molecule is COC(=O)/C=C/CNC(=O)C(C)(O)C(C)c1ccccc1. The third-order valence-corrected chi connectivity index (χ3v) is 3.44. The van der Waals surface area contributed by atoms with E-state index >= 15 is 0 Å². The maximum atomic E-state index is 12.1. The van der Waals surface area contributed by atoms with E-state index in [0.717, 1.165) is 5.56 Å². The molecule has 21 heavy (non-hydrogen) atoms. The quantitative estimate of drug-likeness (QED) is 0.613. The molecule has 0 aromatic heterocycles. The van der Waals surface area contributed by atoms with Crippen LogP contribution in [0.15, 0.2) is 42.5 Å². The van der Waals surface area contributed by atoms with Crippen molar-refractivity contribution in [2.24, 2.45) is 0 Å². The van der Waals surface area contributed by atoms with Crippen molar-refractivity contribution in [1.82, 2.24) is 5.32 Å². The van der Waals surface area contributed by atoms with E-state index in [2.05, 4.69) is 10.1 Å². The van der Waals surface area contributed by atoms with Gasteiger partial charge in [0.2, 0.25) is 0 Å². The Bertz CT molecular complexity index is 508. The highest BCUT2D eigenvalue weighted by atomic mass is 16.5. The van der Waals surface area contributed by atoms with Gasteiger partial charge in [-0.25, -0.2) is 4.79 Å². The number of nitrogens with one attached hydrogen (secondary N) is 1. The second-order valence-corrected chi connectivity index (χ2v) is 4.92. The standard InChI is InChI=1S/C16H21NO4/c1-12(13-8-5-4-6-9-13)16(2,20)15(19)17-11-7-10-14(18)21-3/h4-10,12,20H,11H2,1-3H3,(H,17,19)/b10-7+. The molecule has 5 heteroatoms. The van der Waals surface area contributed by atoms with Crippen molar-refractivity contribution in [2.75, 3.05) is 13.7 Å². The van der Waals surface area contributed by atoms with Crippen LogP contribution < -0.4 is 5.32 Å². The van der Waals surface area contributed by atoms with Crippen molar-refractivity contribution < 1.29 is 19.4 Å². The number of benzene rings is 1. The summed E-state index contributed by atoms with van der Waals surface area (Å²) < 4.78 is 4.43. The normalized spacial score (nSPS) is 15.2. The highest BCUT2D eigenvalue weighted by molar-refractivity contribution is 5.86. The topological polar surface area (TPSA) is 75.6 Å². The van der Waals surface area contributed by atoms with Crippen LogP contribution in [0.1, 0.15) is 25.3 Å². The summed E-state index contributed by atoms with van der Waals surface area (Å²) in [6.45, 7) is 3.41. The highest BCUT2D eigenvalue weighted by Crippen LogP contribution is 2.27. The van der Waals surface area contributed by atoms with E-state index in [9.17, 15) is 14.7 Å². The lowest BCUT2D eigenvalue weighted by Crippen LogP contribution is -2.48. The number of carbonyl (C=O) groups is 2. The molecule has 0 spiro atoms. The molecule has 0 aliphatic carbocycles. The average molecular weight is 291 g/mol. The first kappa shape index (κ1) is 16.9. The molecular weight excluding hydrogens is 270 g/mol. The van der Waals surface area contributed by atoms with Crippen LogP contribution in [0.5, 0.6) is 0 Å². The number of esters is 1. The van der Waals surface area contributed by atoms with Crippen LogP contribution in [0.3, 0.4) is 0 Å². The van der Waals surface area contributed by atoms with Gasteiger partial charge in [0.25, 0.3) is 5.91 Å². The van der Waals surface area contributed by atoms with Crippen LogP contribution in [0.25, 0.3) is 0 Å². The van der Waals surface area contributed by atoms with Crippen molar-refractivity contribution in [3.05, 3.63) is 48.0 Å². The zero-order valence-corrected chi connectivity index (χ0v) is 12.5. The van der Waals surface area contributed by atoms with E-state index in [0.29, 0.717) is 0 Å². The molecule has 0 saturated heterocycles. The van der Waals surface area contributed by atoms with Gasteiger partial charge >= 0.3 is 5.97 Å². The number of amides is 1. The second-order valence-electron chi connectivity index (χ2n) is 4.92. The van der Waals surface area contributed by atoms with E-state index < -0.39 is 17.5 Å². The molecule has 0 heterocycles. The summed E-state index contributed by atoms with van der Waals surface area (Å²) >= 11 is 0. The van der Waals surface area contributed by atoms with Gasteiger partial charge in [-0.05, 0) is 12.5 Å². The number of rotatable bonds is 6. The number of hydrogen-bond acceptors (Lipinski definition) is 4. The Hall–Kier alpha value is -2.14. The Balaban J connectivity index is 2.63. The third kappa shape index (κ3) is 4.72. The minimum absolute atomic E-state index is 0.144. The van der Waals surface area contributed by atoms with Crippen LogP contribution in [-0.4, -0.2) is 36.2 Å². The minimum atomic E-state index is -1.54. The van der Waals surface area contributed by atoms with Crippen molar-refractivity contribution in [2.45, 2.75) is 25.4 Å². The fourth-order valence-electron chi connectivity index (χ4n) is 1.82. The molecule has 2 N–H and O–H groups in total. The van der Waals surface area contributed by atoms with Gasteiger partial charge in [-0.15, -0.1) is 0 Å². The summed E-state index contributed by atoms with van der Waals surface area (Å²) in [5, 5.41) is 13.0. The fourth-order valence-corrected chi connectivity index (χ4v) is 1.82. The minimum Gasteiger partial charge on any atom is -0.466 e. The Kier molecular flexibility index (Phi) is 6.11. The molecule has 0 bridgehead atoms. The number of ether oxygens (including phenoxy) is 1. The predicted molar refractivity (Wildman–Crippen MR) is 79.6 cm³/mol. The summed E-state index contributed by atoms with van der Waals surface area (Å²) in [5.74, 6) is -1.34. The van der Waals surface area contributed by atoms with Crippen LogP contribution in [0.2, 0.25) is 0 Å². The smallest absolute Gasteiger partial charge is 0.330 e. The molecule has 2 unspecified atom stereocenters. The van der Waals surface area contributed by atoms with Gasteiger partial charge in [-0.3, -0.25) is 4.79 Å². The van der Waals surface area contributed by atoms with Crippen molar-refractivity contribution in [1.29, 1.82) is 0 Å². The van der Waals surface area contributed by atoms with Crippen molar-refractivity contribution in [3.8, 4) is 0 Å². The molecule has 0 saturated carbocycles. The lowest BCUT2D eigenvalue weighted by Gasteiger charge is -2.29. The van der Waals surface area contributed by atoms with Crippen LogP contribution >= 0.6 is 0 Å². The molecule has 0 aliphatic heterocycles. The zero-order chi connectivity index (χ0) is 15.9. The maximum absolute atomic E-state index is 12.1. The van der Waals surface area contributed by atoms with Crippen LogP contribution in [-0.2, 0) is 14.3 Å². The van der Waals surface area contributed by atoms with Gasteiger partial charge in [0.05, 0.1) is 7.11 Å². The number of methoxy groups -OCH3 is 1. The summed E-state index contributed by atoms with van der Waals surface area (Å²) in [4.78, 5) is 23.0. The van der Waals surface area contributed by atoms with Gasteiger partial charge < -0.3 is 15.2 Å². The summed E-state index contributed by atoms with van der Waals surface area (Å²) in [5.41, 5.74) is -0.664. The molecule has 0 aliphatic rings. The monoisotopic (exact) mass is 291 g/mol. The first-order valence-corrected chi connectivity index (χ1v) is 6.69. The first-order chi connectivity index (χ1) is 9.89. The lowest BCUT2D eigenvalue weighted by molar-refractivity contribution is -0.139. The van der Waals surface area contributed by atoms with Crippen LogP contribution in [0.4, 0.5) is 0 Å². The molecule has 1 aromatic rings. The maximum Gasteiger partial charge on any atom is 0.330 e. The molecular formula is C16H21NO4. The largest absolute Gasteiger partial charge is 0.466 e. The van der Waals surface area contributed by atoms with Gasteiger partial charge in [0.15, 0.2) is 0 Å². The molecule has 5 nitrogen and oxygen atoms in total. The lowest BCUT2D eigenvalue weighted by atomic mass is 9.84. The van der Waals surface area contributed by atoms with E-state index in [4.69, 9.17) is 0 Å². The van der Waals surface area contributed by atoms with E-state index in [1.165, 1.54) is 26.2 Å². The first-order valence-electron chi connectivity index (χ1n) is 6.69. The van der Waals surface area contributed by atoms with Gasteiger partial charge in [0.1, 0.15) is 5.60 Å². The number of aliphatic hydroxyl groups is 1. The molecule has 0 radical (unpaired) electrons. The van der Waals surface area contributed by atoms with Gasteiger partial charge in [-0.1, -0.05) is 43.3 Å². The molecule has 2 atom stereocenters. The fraction of sp³-hybridized carbons (Fsp3) is 0.375. The predicted octanol–water partition coefficient (Wildman–Crippen LogP) is 1.39. The zero-order valence-electron chi connectivity index (χ0n) is 12.5. The molecule has 0 fully saturated rings. The van der Waals surface area contributed by atoms with Crippen LogP contribution in [0, 0.1) is 0 Å². The summed E-state index contributed by atoms with van der Waals surface area (Å²) in [6, 6.07) is 9.33. The van der Waals surface area contributed by atoms with E-state index in [-0.39, 0.29) is 12.5 Å². The Morgan fingerprint density at radius 1 is 1.38 bits per heavy atom. The summed E-state index contributed by atoms with van der Waals surface area (Å²) in [7, 11) is 1.28. The summed E-state index contributed by atoms with van der Waals surface area (Å²) in [6.07, 6.45) is 2.68. The van der Waals surface area contributed by atoms with Crippen molar-refractivity contribution >= 4 is 11.9 Å². The van der Waals surface area contributed by atoms with Crippen molar-refractivity contribution in [3.63, 3.8) is 0 Å².